The van der Waals surface area contributed by atoms with E-state index in [1.807, 2.05) is 19.9 Å². The van der Waals surface area contributed by atoms with Crippen LogP contribution in [0.3, 0.4) is 0 Å². The van der Waals surface area contributed by atoms with Crippen molar-refractivity contribution >= 4 is 27.3 Å². The molecule has 28 heavy (non-hydrogen) atoms. The number of aromatic nitrogens is 2. The van der Waals surface area contributed by atoms with E-state index in [0.717, 1.165) is 11.4 Å². The minimum Gasteiger partial charge on any atom is -0.495 e. The minimum atomic E-state index is -3.93. The van der Waals surface area contributed by atoms with Crippen molar-refractivity contribution < 1.29 is 17.9 Å². The topological polar surface area (TPSA) is 90.4 Å². The van der Waals surface area contributed by atoms with Crippen molar-refractivity contribution in [1.29, 1.82) is 0 Å². The molecule has 0 saturated carbocycles. The van der Waals surface area contributed by atoms with E-state index in [9.17, 15) is 8.42 Å². The lowest BCUT2D eigenvalue weighted by Gasteiger charge is -2.13. The number of ether oxygens (including phenoxy) is 2. The molecule has 0 spiro atoms. The van der Waals surface area contributed by atoms with Crippen molar-refractivity contribution in [3.8, 4) is 17.5 Å². The van der Waals surface area contributed by atoms with Gasteiger partial charge in [-0.3, -0.25) is 4.72 Å². The fraction of sp³-hybridized carbons (Fsp3) is 0.158. The highest BCUT2D eigenvalue weighted by Crippen LogP contribution is 2.30. The molecule has 0 aliphatic heterocycles. The van der Waals surface area contributed by atoms with Gasteiger partial charge in [0.15, 0.2) is 0 Å². The molecule has 0 unspecified atom stereocenters. The largest absolute Gasteiger partial charge is 0.495 e. The summed E-state index contributed by atoms with van der Waals surface area (Å²) in [5.41, 5.74) is 1.85. The van der Waals surface area contributed by atoms with E-state index in [2.05, 4.69) is 14.7 Å². The van der Waals surface area contributed by atoms with Gasteiger partial charge in [0, 0.05) is 22.5 Å². The fourth-order valence-electron chi connectivity index (χ4n) is 2.54. The summed E-state index contributed by atoms with van der Waals surface area (Å²) in [7, 11) is -2.54. The highest BCUT2D eigenvalue weighted by atomic mass is 35.5. The molecule has 0 bridgehead atoms. The number of hydrogen-bond donors (Lipinski definition) is 1. The van der Waals surface area contributed by atoms with Crippen LogP contribution in [0.15, 0.2) is 53.4 Å². The Morgan fingerprint density at radius 2 is 1.71 bits per heavy atom. The van der Waals surface area contributed by atoms with Crippen molar-refractivity contribution in [3.05, 3.63) is 64.9 Å². The van der Waals surface area contributed by atoms with Gasteiger partial charge in [-0.2, -0.15) is 0 Å². The van der Waals surface area contributed by atoms with E-state index in [1.165, 1.54) is 25.3 Å². The molecule has 0 aliphatic rings. The van der Waals surface area contributed by atoms with Crippen molar-refractivity contribution in [3.63, 3.8) is 0 Å². The number of benzene rings is 2. The first-order valence-corrected chi connectivity index (χ1v) is 10.1. The predicted octanol–water partition coefficient (Wildman–Crippen LogP) is 4.35. The molecule has 0 atom stereocenters. The summed E-state index contributed by atoms with van der Waals surface area (Å²) in [6, 6.07) is 12.9. The first-order valence-electron chi connectivity index (χ1n) is 8.23. The van der Waals surface area contributed by atoms with Crippen LogP contribution in [0.4, 0.5) is 5.69 Å². The predicted molar refractivity (Wildman–Crippen MR) is 107 cm³/mol. The normalized spacial score (nSPS) is 11.1. The number of rotatable bonds is 6. The highest BCUT2D eigenvalue weighted by molar-refractivity contribution is 7.92. The van der Waals surface area contributed by atoms with Crippen molar-refractivity contribution in [1.82, 2.24) is 9.97 Å². The van der Waals surface area contributed by atoms with Crippen LogP contribution in [0.5, 0.6) is 17.5 Å². The number of hydrogen-bond acceptors (Lipinski definition) is 6. The van der Waals surface area contributed by atoms with Gasteiger partial charge < -0.3 is 9.47 Å². The quantitative estimate of drug-likeness (QED) is 0.638. The Labute approximate surface area is 168 Å². The molecule has 2 aromatic carbocycles. The third-order valence-corrected chi connectivity index (χ3v) is 5.31. The summed E-state index contributed by atoms with van der Waals surface area (Å²) < 4.78 is 38.8. The monoisotopic (exact) mass is 419 g/mol. The summed E-state index contributed by atoms with van der Waals surface area (Å²) in [6.45, 7) is 3.68. The average Bonchev–Trinajstić information content (AvgIpc) is 2.60. The standard InChI is InChI=1S/C19H18ClN3O4S/c1-12-9-13(2)22-19(21-12)27-16-6-4-5-15(11-16)23-28(24,25)18-10-14(20)7-8-17(18)26-3/h4-11,23H,1-3H3. The van der Waals surface area contributed by atoms with Gasteiger partial charge in [0.2, 0.25) is 0 Å². The van der Waals surface area contributed by atoms with Gasteiger partial charge in [-0.25, -0.2) is 18.4 Å². The maximum absolute atomic E-state index is 12.8. The number of aryl methyl sites for hydroxylation is 2. The Morgan fingerprint density at radius 3 is 2.39 bits per heavy atom. The second kappa shape index (κ2) is 8.04. The van der Waals surface area contributed by atoms with Crippen LogP contribution in [0.25, 0.3) is 0 Å². The summed E-state index contributed by atoms with van der Waals surface area (Å²) in [6.07, 6.45) is 0. The number of nitrogens with zero attached hydrogens (tertiary/aromatic N) is 2. The van der Waals surface area contributed by atoms with Crippen LogP contribution in [0.2, 0.25) is 5.02 Å². The molecule has 7 nitrogen and oxygen atoms in total. The number of anilines is 1. The van der Waals surface area contributed by atoms with Crippen LogP contribution < -0.4 is 14.2 Å². The smallest absolute Gasteiger partial charge is 0.322 e. The zero-order chi connectivity index (χ0) is 20.3. The summed E-state index contributed by atoms with van der Waals surface area (Å²) in [4.78, 5) is 8.36. The number of halogens is 1. The molecule has 3 rings (SSSR count). The molecule has 3 aromatic rings. The Bertz CT molecular complexity index is 1100. The number of sulfonamides is 1. The van der Waals surface area contributed by atoms with Crippen molar-refractivity contribution in [2.45, 2.75) is 18.7 Å². The van der Waals surface area contributed by atoms with E-state index in [4.69, 9.17) is 21.1 Å². The van der Waals surface area contributed by atoms with E-state index in [-0.39, 0.29) is 21.7 Å². The third-order valence-electron chi connectivity index (χ3n) is 3.67. The van der Waals surface area contributed by atoms with Gasteiger partial charge in [-0.1, -0.05) is 17.7 Å². The lowest BCUT2D eigenvalue weighted by atomic mass is 10.3. The molecule has 0 amide bonds. The lowest BCUT2D eigenvalue weighted by Crippen LogP contribution is -2.14. The lowest BCUT2D eigenvalue weighted by molar-refractivity contribution is 0.403. The van der Waals surface area contributed by atoms with E-state index in [0.29, 0.717) is 11.4 Å². The number of methoxy groups -OCH3 is 1. The van der Waals surface area contributed by atoms with E-state index in [1.54, 1.807) is 24.3 Å². The van der Waals surface area contributed by atoms with Gasteiger partial charge in [0.1, 0.15) is 16.4 Å². The maximum Gasteiger partial charge on any atom is 0.322 e. The van der Waals surface area contributed by atoms with Crippen LogP contribution in [-0.4, -0.2) is 25.5 Å². The van der Waals surface area contributed by atoms with Gasteiger partial charge in [-0.05, 0) is 50.2 Å². The van der Waals surface area contributed by atoms with E-state index >= 15 is 0 Å². The molecular formula is C19H18ClN3O4S. The second-order valence-corrected chi connectivity index (χ2v) is 8.05. The Morgan fingerprint density at radius 1 is 1.00 bits per heavy atom. The third kappa shape index (κ3) is 4.71. The minimum absolute atomic E-state index is 0.0635. The van der Waals surface area contributed by atoms with Crippen LogP contribution in [0, 0.1) is 13.8 Å². The SMILES string of the molecule is COc1ccc(Cl)cc1S(=O)(=O)Nc1cccc(Oc2nc(C)cc(C)n2)c1. The zero-order valence-corrected chi connectivity index (χ0v) is 17.0. The molecule has 0 fully saturated rings. The molecular weight excluding hydrogens is 402 g/mol. The Kier molecular flexibility index (Phi) is 5.71. The van der Waals surface area contributed by atoms with Crippen LogP contribution in [-0.2, 0) is 10.0 Å². The molecule has 1 heterocycles. The zero-order valence-electron chi connectivity index (χ0n) is 15.4. The molecule has 0 radical (unpaired) electrons. The molecule has 146 valence electrons. The molecule has 0 saturated heterocycles. The van der Waals surface area contributed by atoms with Gasteiger partial charge in [0.05, 0.1) is 12.8 Å². The van der Waals surface area contributed by atoms with Crippen LogP contribution >= 0.6 is 11.6 Å². The van der Waals surface area contributed by atoms with Gasteiger partial charge in [0.25, 0.3) is 10.0 Å². The first kappa shape index (κ1) is 19.9. The maximum atomic E-state index is 12.8. The first-order chi connectivity index (χ1) is 13.3. The van der Waals surface area contributed by atoms with Gasteiger partial charge in [-0.15, -0.1) is 0 Å². The fourth-order valence-corrected chi connectivity index (χ4v) is 4.02. The molecule has 9 heteroatoms. The highest BCUT2D eigenvalue weighted by Gasteiger charge is 2.20. The van der Waals surface area contributed by atoms with Crippen molar-refractivity contribution in [2.24, 2.45) is 0 Å². The summed E-state index contributed by atoms with van der Waals surface area (Å²) in [5.74, 6) is 0.580. The molecule has 1 aromatic heterocycles. The Hall–Kier alpha value is -2.84. The van der Waals surface area contributed by atoms with Gasteiger partial charge >= 0.3 is 6.01 Å². The second-order valence-electron chi connectivity index (χ2n) is 5.96. The summed E-state index contributed by atoms with van der Waals surface area (Å²) >= 11 is 5.94. The molecule has 0 aliphatic carbocycles. The average molecular weight is 420 g/mol. The van der Waals surface area contributed by atoms with Crippen LogP contribution in [0.1, 0.15) is 11.4 Å². The summed E-state index contributed by atoms with van der Waals surface area (Å²) in [5, 5.41) is 0.283. The van der Waals surface area contributed by atoms with Crippen molar-refractivity contribution in [2.75, 3.05) is 11.8 Å². The number of nitrogens with one attached hydrogen (secondary N) is 1. The Balaban J connectivity index is 1.87. The molecule has 1 N–H and O–H groups in total. The van der Waals surface area contributed by atoms with E-state index < -0.39 is 10.0 Å².